The molecule has 2 aromatic rings. The summed E-state index contributed by atoms with van der Waals surface area (Å²) in [5.41, 5.74) is 1.75. The Hall–Kier alpha value is -2.30. The molecule has 8 nitrogen and oxygen atoms in total. The van der Waals surface area contributed by atoms with Gasteiger partial charge in [0.25, 0.3) is 5.91 Å². The number of amides is 2. The summed E-state index contributed by atoms with van der Waals surface area (Å²) in [6.45, 7) is 2.63. The molecule has 2 aliphatic heterocycles. The molecule has 0 saturated carbocycles. The zero-order valence-corrected chi connectivity index (χ0v) is 20.5. The molecule has 0 unspecified atom stereocenters. The van der Waals surface area contributed by atoms with Crippen LogP contribution in [0.15, 0.2) is 41.4 Å². The van der Waals surface area contributed by atoms with Crippen molar-refractivity contribution in [3.05, 3.63) is 47.8 Å². The van der Waals surface area contributed by atoms with Crippen molar-refractivity contribution in [3.8, 4) is 0 Å². The fraction of sp³-hybridized carbons (Fsp3) is 0.478. The summed E-state index contributed by atoms with van der Waals surface area (Å²) < 4.78 is 28.9. The Balaban J connectivity index is 1.39. The van der Waals surface area contributed by atoms with Gasteiger partial charge in [-0.2, -0.15) is 16.1 Å². The number of benzene rings is 1. The lowest BCUT2D eigenvalue weighted by atomic mass is 10.1. The van der Waals surface area contributed by atoms with Gasteiger partial charge >= 0.3 is 0 Å². The number of hydrogen-bond acceptors (Lipinski definition) is 5. The minimum Gasteiger partial charge on any atom is -0.345 e. The number of sulfonamides is 1. The molecule has 2 saturated heterocycles. The first-order valence-corrected chi connectivity index (χ1v) is 13.9. The first-order chi connectivity index (χ1) is 15.8. The average Bonchev–Trinajstić information content (AvgIpc) is 3.24. The number of aromatic nitrogens is 1. The van der Waals surface area contributed by atoms with E-state index in [0.717, 1.165) is 49.4 Å². The van der Waals surface area contributed by atoms with Gasteiger partial charge < -0.3 is 14.8 Å². The molecule has 33 heavy (non-hydrogen) atoms. The third-order valence-electron chi connectivity index (χ3n) is 6.10. The summed E-state index contributed by atoms with van der Waals surface area (Å²) in [6.07, 6.45) is 4.59. The lowest BCUT2D eigenvalue weighted by Crippen LogP contribution is -2.38. The van der Waals surface area contributed by atoms with Crippen molar-refractivity contribution in [1.29, 1.82) is 0 Å². The Morgan fingerprint density at radius 3 is 2.33 bits per heavy atom. The first-order valence-electron chi connectivity index (χ1n) is 11.3. The van der Waals surface area contributed by atoms with Crippen molar-refractivity contribution >= 4 is 39.3 Å². The van der Waals surface area contributed by atoms with Gasteiger partial charge in [-0.1, -0.05) is 18.6 Å². The molecule has 1 aromatic heterocycles. The molecule has 0 aliphatic carbocycles. The summed E-state index contributed by atoms with van der Waals surface area (Å²) in [4.78, 5) is 27.3. The maximum atomic E-state index is 12.9. The highest BCUT2D eigenvalue weighted by Crippen LogP contribution is 2.23. The van der Waals surface area contributed by atoms with Crippen LogP contribution in [0.4, 0.5) is 5.69 Å². The Labute approximate surface area is 199 Å². The van der Waals surface area contributed by atoms with Crippen LogP contribution in [0.1, 0.15) is 35.3 Å². The van der Waals surface area contributed by atoms with Gasteiger partial charge in [0.15, 0.2) is 0 Å². The van der Waals surface area contributed by atoms with Crippen molar-refractivity contribution in [2.24, 2.45) is 7.05 Å². The number of aryl methyl sites for hydroxylation is 1. The third kappa shape index (κ3) is 5.62. The number of hydrogen-bond donors (Lipinski definition) is 1. The summed E-state index contributed by atoms with van der Waals surface area (Å²) in [6, 6.07) is 8.64. The number of anilines is 1. The standard InChI is InChI=1S/C23H30N4O4S2/c1-25-17-20(33(30,31)27-9-3-2-4-10-27)16-21(25)23(29)24-19-7-5-18(6-8-19)15-22(28)26-11-13-32-14-12-26/h5-8,16-17H,2-4,9-15H2,1H3,(H,24,29). The highest BCUT2D eigenvalue weighted by atomic mass is 32.2. The molecule has 0 spiro atoms. The van der Waals surface area contributed by atoms with E-state index in [-0.39, 0.29) is 22.4 Å². The number of piperidine rings is 1. The second-order valence-electron chi connectivity index (χ2n) is 8.46. The van der Waals surface area contributed by atoms with Gasteiger partial charge in [-0.05, 0) is 36.6 Å². The zero-order chi connectivity index (χ0) is 23.4. The van der Waals surface area contributed by atoms with Gasteiger partial charge in [0.2, 0.25) is 15.9 Å². The fourth-order valence-electron chi connectivity index (χ4n) is 4.16. The topological polar surface area (TPSA) is 91.7 Å². The molecule has 0 radical (unpaired) electrons. The van der Waals surface area contributed by atoms with Gasteiger partial charge in [-0.15, -0.1) is 0 Å². The van der Waals surface area contributed by atoms with Crippen LogP contribution in [0, 0.1) is 0 Å². The number of carbonyl (C=O) groups is 2. The molecule has 4 rings (SSSR count). The number of thioether (sulfide) groups is 1. The molecule has 0 bridgehead atoms. The normalized spacial score (nSPS) is 17.7. The number of rotatable bonds is 6. The first kappa shape index (κ1) is 23.8. The third-order valence-corrected chi connectivity index (χ3v) is 8.90. The van der Waals surface area contributed by atoms with Crippen LogP contribution in [0.25, 0.3) is 0 Å². The molecule has 1 N–H and O–H groups in total. The molecule has 2 aliphatic rings. The molecule has 10 heteroatoms. The summed E-state index contributed by atoms with van der Waals surface area (Å²) in [7, 11) is -1.94. The van der Waals surface area contributed by atoms with Crippen LogP contribution >= 0.6 is 11.8 Å². The predicted octanol–water partition coefficient (Wildman–Crippen LogP) is 2.57. The average molecular weight is 491 g/mol. The van der Waals surface area contributed by atoms with Gasteiger partial charge in [-0.25, -0.2) is 8.42 Å². The van der Waals surface area contributed by atoms with Crippen molar-refractivity contribution in [1.82, 2.24) is 13.8 Å². The fourth-order valence-corrected chi connectivity index (χ4v) is 6.65. The van der Waals surface area contributed by atoms with E-state index in [0.29, 0.717) is 25.2 Å². The Morgan fingerprint density at radius 1 is 1.00 bits per heavy atom. The van der Waals surface area contributed by atoms with Crippen LogP contribution < -0.4 is 5.32 Å². The Bertz CT molecular complexity index is 1100. The van der Waals surface area contributed by atoms with E-state index in [4.69, 9.17) is 0 Å². The molecule has 0 atom stereocenters. The Kier molecular flexibility index (Phi) is 7.45. The molecule has 178 valence electrons. The van der Waals surface area contributed by atoms with E-state index in [1.54, 1.807) is 19.2 Å². The second kappa shape index (κ2) is 10.3. The number of nitrogens with zero attached hydrogens (tertiary/aromatic N) is 3. The smallest absolute Gasteiger partial charge is 0.272 e. The summed E-state index contributed by atoms with van der Waals surface area (Å²) in [5.74, 6) is 1.71. The molecule has 3 heterocycles. The maximum Gasteiger partial charge on any atom is 0.272 e. The highest BCUT2D eigenvalue weighted by molar-refractivity contribution is 7.99. The monoisotopic (exact) mass is 490 g/mol. The van der Waals surface area contributed by atoms with Gasteiger partial charge in [0.1, 0.15) is 10.6 Å². The van der Waals surface area contributed by atoms with Crippen LogP contribution in [0.5, 0.6) is 0 Å². The van der Waals surface area contributed by atoms with Crippen molar-refractivity contribution in [2.75, 3.05) is 43.0 Å². The van der Waals surface area contributed by atoms with Crippen molar-refractivity contribution < 1.29 is 18.0 Å². The lowest BCUT2D eigenvalue weighted by molar-refractivity contribution is -0.130. The van der Waals surface area contributed by atoms with Gasteiger partial charge in [0.05, 0.1) is 6.42 Å². The minimum absolute atomic E-state index is 0.123. The van der Waals surface area contributed by atoms with E-state index in [2.05, 4.69) is 5.32 Å². The van der Waals surface area contributed by atoms with E-state index < -0.39 is 10.0 Å². The van der Waals surface area contributed by atoms with E-state index in [1.165, 1.54) is 21.1 Å². The van der Waals surface area contributed by atoms with Crippen molar-refractivity contribution in [2.45, 2.75) is 30.6 Å². The predicted molar refractivity (Wildman–Crippen MR) is 130 cm³/mol. The molecule has 2 fully saturated rings. The molecule has 2 amide bonds. The van der Waals surface area contributed by atoms with E-state index in [1.807, 2.05) is 28.8 Å². The van der Waals surface area contributed by atoms with Crippen LogP contribution in [0.2, 0.25) is 0 Å². The molecule has 1 aromatic carbocycles. The number of carbonyl (C=O) groups excluding carboxylic acids is 2. The zero-order valence-electron chi connectivity index (χ0n) is 18.8. The minimum atomic E-state index is -3.60. The van der Waals surface area contributed by atoms with Crippen LogP contribution in [-0.4, -0.2) is 71.7 Å². The largest absolute Gasteiger partial charge is 0.345 e. The van der Waals surface area contributed by atoms with Crippen molar-refractivity contribution in [3.63, 3.8) is 0 Å². The summed E-state index contributed by atoms with van der Waals surface area (Å²) in [5, 5.41) is 2.82. The second-order valence-corrected chi connectivity index (χ2v) is 11.6. The molecular weight excluding hydrogens is 460 g/mol. The lowest BCUT2D eigenvalue weighted by Gasteiger charge is -2.26. The quantitative estimate of drug-likeness (QED) is 0.672. The number of nitrogens with one attached hydrogen (secondary N) is 1. The SMILES string of the molecule is Cn1cc(S(=O)(=O)N2CCCCC2)cc1C(=O)Nc1ccc(CC(=O)N2CCSCC2)cc1. The highest BCUT2D eigenvalue weighted by Gasteiger charge is 2.28. The van der Waals surface area contributed by atoms with Crippen LogP contribution in [-0.2, 0) is 28.3 Å². The summed E-state index contributed by atoms with van der Waals surface area (Å²) >= 11 is 1.87. The Morgan fingerprint density at radius 2 is 1.67 bits per heavy atom. The van der Waals surface area contributed by atoms with Gasteiger partial charge in [0, 0.05) is 56.6 Å². The maximum absolute atomic E-state index is 12.9. The molecular formula is C23H30N4O4S2. The van der Waals surface area contributed by atoms with E-state index in [9.17, 15) is 18.0 Å². The van der Waals surface area contributed by atoms with E-state index >= 15 is 0 Å². The van der Waals surface area contributed by atoms with Crippen LogP contribution in [0.3, 0.4) is 0 Å². The van der Waals surface area contributed by atoms with Gasteiger partial charge in [-0.3, -0.25) is 9.59 Å².